The van der Waals surface area contributed by atoms with Gasteiger partial charge in [0, 0.05) is 42.5 Å². The van der Waals surface area contributed by atoms with Crippen molar-refractivity contribution in [2.75, 3.05) is 19.6 Å². The lowest BCUT2D eigenvalue weighted by molar-refractivity contribution is 0.191. The zero-order valence-corrected chi connectivity index (χ0v) is 16.7. The van der Waals surface area contributed by atoms with Crippen LogP contribution in [0.15, 0.2) is 40.6 Å². The summed E-state index contributed by atoms with van der Waals surface area (Å²) in [6.07, 6.45) is 3.81. The summed E-state index contributed by atoms with van der Waals surface area (Å²) in [6, 6.07) is 10.3. The van der Waals surface area contributed by atoms with Crippen molar-refractivity contribution in [2.24, 2.45) is 11.8 Å². The molecule has 3 heterocycles. The van der Waals surface area contributed by atoms with E-state index in [2.05, 4.69) is 28.1 Å². The van der Waals surface area contributed by atoms with Crippen molar-refractivity contribution >= 4 is 16.3 Å². The number of thiazole rings is 1. The van der Waals surface area contributed by atoms with Crippen LogP contribution < -0.4 is 5.56 Å². The van der Waals surface area contributed by atoms with E-state index in [9.17, 15) is 4.79 Å². The molecule has 0 amide bonds. The summed E-state index contributed by atoms with van der Waals surface area (Å²) in [6.45, 7) is 5.10. The average Bonchev–Trinajstić information content (AvgIpc) is 3.28. The predicted octanol–water partition coefficient (Wildman–Crippen LogP) is 3.21. The number of nitriles is 1. The molecule has 0 radical (unpaired) electrons. The highest BCUT2D eigenvalue weighted by molar-refractivity contribution is 7.15. The zero-order chi connectivity index (χ0) is 19.3. The number of likely N-dealkylation sites (tertiary alicyclic amines) is 1. The van der Waals surface area contributed by atoms with E-state index in [4.69, 9.17) is 5.26 Å². The smallest absolute Gasteiger partial charge is 0.261 e. The number of hydrogen-bond donors (Lipinski definition) is 0. The summed E-state index contributed by atoms with van der Waals surface area (Å²) < 4.78 is 1.67. The van der Waals surface area contributed by atoms with Gasteiger partial charge in [0.25, 0.3) is 5.56 Å². The van der Waals surface area contributed by atoms with Crippen LogP contribution in [-0.4, -0.2) is 33.9 Å². The van der Waals surface area contributed by atoms with E-state index in [-0.39, 0.29) is 5.56 Å². The second kappa shape index (κ2) is 6.84. The van der Waals surface area contributed by atoms with Gasteiger partial charge in [-0.2, -0.15) is 5.26 Å². The van der Waals surface area contributed by atoms with Gasteiger partial charge in [-0.15, -0.1) is 11.3 Å². The third-order valence-corrected chi connectivity index (χ3v) is 7.31. The van der Waals surface area contributed by atoms with Crippen molar-refractivity contribution in [3.05, 3.63) is 68.6 Å². The third-order valence-electron chi connectivity index (χ3n) is 6.55. The summed E-state index contributed by atoms with van der Waals surface area (Å²) >= 11 is 1.50. The Hall–Kier alpha value is -2.49. The Bertz CT molecular complexity index is 1120. The Morgan fingerprint density at radius 1 is 1.29 bits per heavy atom. The van der Waals surface area contributed by atoms with Gasteiger partial charge >= 0.3 is 0 Å². The summed E-state index contributed by atoms with van der Waals surface area (Å²) in [4.78, 5) is 20.6. The molecule has 3 unspecified atom stereocenters. The van der Waals surface area contributed by atoms with Crippen LogP contribution in [0.25, 0.3) is 4.96 Å². The maximum absolute atomic E-state index is 12.7. The Labute approximate surface area is 167 Å². The molecular formula is C22H22N4OS. The van der Waals surface area contributed by atoms with Gasteiger partial charge < -0.3 is 4.90 Å². The monoisotopic (exact) mass is 390 g/mol. The van der Waals surface area contributed by atoms with Gasteiger partial charge in [0.1, 0.15) is 0 Å². The van der Waals surface area contributed by atoms with Crippen molar-refractivity contribution in [1.29, 1.82) is 5.26 Å². The van der Waals surface area contributed by atoms with E-state index in [1.807, 2.05) is 30.6 Å². The zero-order valence-electron chi connectivity index (χ0n) is 15.8. The summed E-state index contributed by atoms with van der Waals surface area (Å²) in [5, 5.41) is 10.9. The minimum Gasteiger partial charge on any atom is -0.302 e. The van der Waals surface area contributed by atoms with E-state index in [1.54, 1.807) is 4.40 Å². The van der Waals surface area contributed by atoms with Crippen molar-refractivity contribution in [1.82, 2.24) is 14.3 Å². The Morgan fingerprint density at radius 3 is 2.89 bits per heavy atom. The number of aromatic nitrogens is 2. The topological polar surface area (TPSA) is 61.4 Å². The minimum absolute atomic E-state index is 0.0846. The molecule has 3 atom stereocenters. The molecule has 2 fully saturated rings. The van der Waals surface area contributed by atoms with Gasteiger partial charge in [-0.1, -0.05) is 12.1 Å². The van der Waals surface area contributed by atoms with Crippen molar-refractivity contribution in [3.8, 4) is 6.07 Å². The number of aryl methyl sites for hydroxylation is 1. The lowest BCUT2D eigenvalue weighted by Gasteiger charge is -2.40. The Balaban J connectivity index is 1.25. The fraction of sp³-hybridized carbons (Fsp3) is 0.409. The maximum Gasteiger partial charge on any atom is 0.261 e. The number of benzene rings is 1. The van der Waals surface area contributed by atoms with Crippen LogP contribution in [0.1, 0.15) is 34.7 Å². The molecule has 2 aliphatic rings. The summed E-state index contributed by atoms with van der Waals surface area (Å²) in [7, 11) is 0. The molecule has 1 aliphatic heterocycles. The normalized spacial score (nSPS) is 24.1. The van der Waals surface area contributed by atoms with Crippen molar-refractivity contribution < 1.29 is 0 Å². The van der Waals surface area contributed by atoms with Gasteiger partial charge in [-0.05, 0) is 55.2 Å². The highest BCUT2D eigenvalue weighted by Crippen LogP contribution is 2.51. The molecule has 5 rings (SSSR count). The van der Waals surface area contributed by atoms with Gasteiger partial charge in [0.05, 0.1) is 11.6 Å². The number of fused-ring (bicyclic) bond motifs is 2. The molecule has 0 N–H and O–H groups in total. The Morgan fingerprint density at radius 2 is 2.11 bits per heavy atom. The molecule has 28 heavy (non-hydrogen) atoms. The minimum atomic E-state index is 0.0846. The van der Waals surface area contributed by atoms with Gasteiger partial charge in [-0.25, -0.2) is 4.98 Å². The molecule has 1 saturated heterocycles. The van der Waals surface area contributed by atoms with Crippen molar-refractivity contribution in [3.63, 3.8) is 0 Å². The van der Waals surface area contributed by atoms with Crippen LogP contribution >= 0.6 is 11.3 Å². The SMILES string of the molecule is Cc1nc2sccn2c(=O)c1CCN1CC2CC(c3ccc(C#N)cc3)C2C1. The molecule has 1 aromatic carbocycles. The van der Waals surface area contributed by atoms with E-state index in [0.29, 0.717) is 11.8 Å². The molecule has 6 heteroatoms. The average molecular weight is 391 g/mol. The van der Waals surface area contributed by atoms with Crippen LogP contribution in [-0.2, 0) is 6.42 Å². The third kappa shape index (κ3) is 2.86. The van der Waals surface area contributed by atoms with Crippen LogP contribution in [0.2, 0.25) is 0 Å². The number of hydrogen-bond acceptors (Lipinski definition) is 5. The fourth-order valence-electron chi connectivity index (χ4n) is 4.95. The molecule has 2 aromatic heterocycles. The fourth-order valence-corrected chi connectivity index (χ4v) is 5.70. The van der Waals surface area contributed by atoms with Gasteiger partial charge in [-0.3, -0.25) is 9.20 Å². The largest absolute Gasteiger partial charge is 0.302 e. The molecular weight excluding hydrogens is 368 g/mol. The van der Waals surface area contributed by atoms with Crippen LogP contribution in [0.3, 0.4) is 0 Å². The first-order valence-electron chi connectivity index (χ1n) is 9.82. The van der Waals surface area contributed by atoms with Crippen molar-refractivity contribution in [2.45, 2.75) is 25.7 Å². The second-order valence-electron chi connectivity index (χ2n) is 8.05. The molecule has 5 nitrogen and oxygen atoms in total. The highest BCUT2D eigenvalue weighted by Gasteiger charge is 2.47. The first kappa shape index (κ1) is 17.6. The number of rotatable bonds is 4. The molecule has 1 aliphatic carbocycles. The predicted molar refractivity (Wildman–Crippen MR) is 110 cm³/mol. The lowest BCUT2D eigenvalue weighted by atomic mass is 9.64. The van der Waals surface area contributed by atoms with Crippen LogP contribution in [0.5, 0.6) is 0 Å². The molecule has 1 saturated carbocycles. The van der Waals surface area contributed by atoms with Crippen LogP contribution in [0.4, 0.5) is 0 Å². The van der Waals surface area contributed by atoms with Gasteiger partial charge in [0.2, 0.25) is 0 Å². The van der Waals surface area contributed by atoms with E-state index < -0.39 is 0 Å². The molecule has 0 bridgehead atoms. The highest BCUT2D eigenvalue weighted by atomic mass is 32.1. The van der Waals surface area contributed by atoms with Gasteiger partial charge in [0.15, 0.2) is 4.96 Å². The van der Waals surface area contributed by atoms with E-state index in [0.717, 1.165) is 53.8 Å². The quantitative estimate of drug-likeness (QED) is 0.686. The molecule has 0 spiro atoms. The van der Waals surface area contributed by atoms with Crippen LogP contribution in [0, 0.1) is 30.1 Å². The summed E-state index contributed by atoms with van der Waals surface area (Å²) in [5.41, 5.74) is 3.89. The standard InChI is InChI=1S/C22H22N4OS/c1-14-18(21(27)26-8-9-28-22(26)24-14)6-7-25-12-17-10-19(20(17)13-25)16-4-2-15(11-23)3-5-16/h2-5,8-9,17,19-20H,6-7,10,12-13H2,1H3. The Kier molecular flexibility index (Phi) is 4.30. The first-order chi connectivity index (χ1) is 13.6. The van der Waals surface area contributed by atoms with E-state index >= 15 is 0 Å². The maximum atomic E-state index is 12.7. The molecule has 142 valence electrons. The second-order valence-corrected chi connectivity index (χ2v) is 8.92. The van der Waals surface area contributed by atoms with E-state index in [1.165, 1.54) is 23.3 Å². The molecule has 3 aromatic rings. The lowest BCUT2D eigenvalue weighted by Crippen LogP contribution is -2.33. The summed E-state index contributed by atoms with van der Waals surface area (Å²) in [5.74, 6) is 2.08. The first-order valence-corrected chi connectivity index (χ1v) is 10.7. The number of nitrogens with zero attached hydrogens (tertiary/aromatic N) is 4.